The first-order valence-electron chi connectivity index (χ1n) is 8.52. The van der Waals surface area contributed by atoms with Gasteiger partial charge in [0.2, 0.25) is 0 Å². The molecule has 0 aromatic heterocycles. The van der Waals surface area contributed by atoms with E-state index in [-0.39, 0.29) is 37.8 Å². The Labute approximate surface area is 142 Å². The van der Waals surface area contributed by atoms with E-state index in [9.17, 15) is 14.8 Å². The summed E-state index contributed by atoms with van der Waals surface area (Å²) in [5, 5.41) is 26.8. The maximum atomic E-state index is 11.0. The number of phosphoric acid groups is 1. The van der Waals surface area contributed by atoms with Gasteiger partial charge in [0, 0.05) is 19.1 Å². The molecule has 0 radical (unpaired) electrons. The third-order valence-electron chi connectivity index (χ3n) is 4.64. The van der Waals surface area contributed by atoms with Gasteiger partial charge in [0.25, 0.3) is 0 Å². The Kier molecular flexibility index (Phi) is 7.60. The van der Waals surface area contributed by atoms with Gasteiger partial charge in [-0.2, -0.15) is 0 Å². The van der Waals surface area contributed by atoms with Gasteiger partial charge in [-0.3, -0.25) is 4.52 Å². The van der Waals surface area contributed by atoms with Gasteiger partial charge in [0.15, 0.2) is 5.79 Å². The molecule has 2 aliphatic rings. The lowest BCUT2D eigenvalue weighted by atomic mass is 9.99. The summed E-state index contributed by atoms with van der Waals surface area (Å²) >= 11 is 0. The summed E-state index contributed by atoms with van der Waals surface area (Å²) in [6.07, 6.45) is 3.45. The van der Waals surface area contributed by atoms with E-state index in [2.05, 4.69) is 15.2 Å². The molecule has 2 aliphatic heterocycles. The van der Waals surface area contributed by atoms with Crippen molar-refractivity contribution in [2.45, 2.75) is 62.5 Å². The largest absolute Gasteiger partial charge is 0.469 e. The van der Waals surface area contributed by atoms with Crippen LogP contribution in [0, 0.1) is 0 Å². The minimum absolute atomic E-state index is 0.0489. The molecule has 0 bridgehead atoms. The molecular weight excluding hydrogens is 339 g/mol. The number of hydrogen-bond acceptors (Lipinski definition) is 7. The van der Waals surface area contributed by atoms with Gasteiger partial charge in [-0.25, -0.2) is 4.57 Å². The molecule has 9 nitrogen and oxygen atoms in total. The second kappa shape index (κ2) is 9.02. The number of aliphatic hydroxyl groups is 2. The number of nitrogens with one attached hydrogen (secondary N) is 2. The Morgan fingerprint density at radius 1 is 1.21 bits per heavy atom. The molecule has 0 spiro atoms. The first kappa shape index (κ1) is 20.2. The van der Waals surface area contributed by atoms with Crippen LogP contribution in [0.15, 0.2) is 0 Å². The Hall–Kier alpha value is -0.0900. The predicted octanol–water partition coefficient (Wildman–Crippen LogP) is -0.554. The quantitative estimate of drug-likeness (QED) is 0.221. The second-order valence-corrected chi connectivity index (χ2v) is 7.68. The molecule has 0 aliphatic carbocycles. The molecule has 2 heterocycles. The fourth-order valence-corrected chi connectivity index (χ4v) is 3.79. The zero-order valence-corrected chi connectivity index (χ0v) is 14.7. The minimum Gasteiger partial charge on any atom is -0.396 e. The van der Waals surface area contributed by atoms with Gasteiger partial charge in [-0.1, -0.05) is 0 Å². The molecule has 2 rings (SSSR count). The minimum atomic E-state index is -4.59. The van der Waals surface area contributed by atoms with Gasteiger partial charge in [-0.05, 0) is 45.2 Å². The van der Waals surface area contributed by atoms with E-state index >= 15 is 0 Å². The van der Waals surface area contributed by atoms with Crippen LogP contribution in [0.3, 0.4) is 0 Å². The summed E-state index contributed by atoms with van der Waals surface area (Å²) in [6, 6.07) is -0.284. The Morgan fingerprint density at radius 2 is 1.92 bits per heavy atom. The van der Waals surface area contributed by atoms with E-state index in [1.54, 1.807) is 0 Å². The van der Waals surface area contributed by atoms with Gasteiger partial charge in [0.05, 0.1) is 18.8 Å². The van der Waals surface area contributed by atoms with Crippen LogP contribution in [0.25, 0.3) is 0 Å². The highest BCUT2D eigenvalue weighted by molar-refractivity contribution is 7.46. The van der Waals surface area contributed by atoms with Crippen molar-refractivity contribution in [2.75, 3.05) is 26.3 Å². The van der Waals surface area contributed by atoms with Crippen molar-refractivity contribution >= 4 is 7.82 Å². The first-order chi connectivity index (χ1) is 11.3. The SMILES string of the molecule is O=P(O)(O)OCCC(O)(OC(CCO)C1CCCN1)C1CCCN1. The van der Waals surface area contributed by atoms with E-state index in [1.807, 2.05) is 0 Å². The van der Waals surface area contributed by atoms with Gasteiger partial charge >= 0.3 is 7.82 Å². The van der Waals surface area contributed by atoms with Crippen molar-refractivity contribution < 1.29 is 33.8 Å². The van der Waals surface area contributed by atoms with Crippen molar-refractivity contribution in [1.82, 2.24) is 10.6 Å². The highest BCUT2D eigenvalue weighted by atomic mass is 31.2. The molecule has 0 aromatic rings. The highest BCUT2D eigenvalue weighted by Gasteiger charge is 2.43. The maximum Gasteiger partial charge on any atom is 0.469 e. The summed E-state index contributed by atoms with van der Waals surface area (Å²) in [5.41, 5.74) is 0. The Morgan fingerprint density at radius 3 is 2.46 bits per heavy atom. The lowest BCUT2D eigenvalue weighted by Crippen LogP contribution is -2.55. The van der Waals surface area contributed by atoms with Crippen LogP contribution < -0.4 is 10.6 Å². The zero-order valence-electron chi connectivity index (χ0n) is 13.8. The van der Waals surface area contributed by atoms with Crippen LogP contribution in [-0.2, 0) is 13.8 Å². The van der Waals surface area contributed by atoms with Crippen molar-refractivity contribution in [3.8, 4) is 0 Å². The van der Waals surface area contributed by atoms with Gasteiger partial charge < -0.3 is 35.4 Å². The lowest BCUT2D eigenvalue weighted by Gasteiger charge is -2.39. The van der Waals surface area contributed by atoms with Gasteiger partial charge in [-0.15, -0.1) is 0 Å². The molecule has 0 amide bonds. The molecule has 0 saturated carbocycles. The number of aliphatic hydroxyl groups excluding tert-OH is 1. The van der Waals surface area contributed by atoms with Crippen molar-refractivity contribution in [3.05, 3.63) is 0 Å². The molecular formula is C14H29N2O7P. The first-order valence-corrected chi connectivity index (χ1v) is 10.0. The van der Waals surface area contributed by atoms with Crippen LogP contribution in [0.2, 0.25) is 0 Å². The number of ether oxygens (including phenoxy) is 1. The van der Waals surface area contributed by atoms with Crippen LogP contribution in [-0.4, -0.2) is 70.3 Å². The summed E-state index contributed by atoms with van der Waals surface area (Å²) < 4.78 is 21.3. The van der Waals surface area contributed by atoms with Crippen molar-refractivity contribution in [2.24, 2.45) is 0 Å². The van der Waals surface area contributed by atoms with E-state index < -0.39 is 13.6 Å². The predicted molar refractivity (Wildman–Crippen MR) is 86.2 cm³/mol. The Balaban J connectivity index is 2.03. The molecule has 6 N–H and O–H groups in total. The van der Waals surface area contributed by atoms with Crippen molar-refractivity contribution in [3.63, 3.8) is 0 Å². The van der Waals surface area contributed by atoms with Crippen LogP contribution >= 0.6 is 7.82 Å². The summed E-state index contributed by atoms with van der Waals surface area (Å²) in [5.74, 6) is -1.60. The maximum absolute atomic E-state index is 11.0. The standard InChI is InChI=1S/C14H29N2O7P/c17-9-5-12(11-3-1-7-15-11)23-14(18,13-4-2-8-16-13)6-10-22-24(19,20)21/h11-13,15-18H,1-10H2,(H2,19,20,21). The van der Waals surface area contributed by atoms with Gasteiger partial charge in [0.1, 0.15) is 0 Å². The normalized spacial score (nSPS) is 28.8. The average molecular weight is 368 g/mol. The van der Waals surface area contributed by atoms with Crippen LogP contribution in [0.4, 0.5) is 0 Å². The van der Waals surface area contributed by atoms with E-state index in [0.717, 1.165) is 32.4 Å². The molecule has 142 valence electrons. The van der Waals surface area contributed by atoms with E-state index in [1.165, 1.54) is 0 Å². The molecule has 2 saturated heterocycles. The molecule has 4 atom stereocenters. The lowest BCUT2D eigenvalue weighted by molar-refractivity contribution is -0.257. The smallest absolute Gasteiger partial charge is 0.396 e. The number of hydrogen-bond donors (Lipinski definition) is 6. The van der Waals surface area contributed by atoms with E-state index in [4.69, 9.17) is 14.5 Å². The third-order valence-corrected chi connectivity index (χ3v) is 5.16. The number of phosphoric ester groups is 1. The van der Waals surface area contributed by atoms with Crippen molar-refractivity contribution in [1.29, 1.82) is 0 Å². The Bertz CT molecular complexity index is 423. The van der Waals surface area contributed by atoms with Crippen LogP contribution in [0.5, 0.6) is 0 Å². The monoisotopic (exact) mass is 368 g/mol. The fourth-order valence-electron chi connectivity index (χ4n) is 3.46. The number of rotatable bonds is 10. The average Bonchev–Trinajstić information content (AvgIpc) is 3.19. The molecule has 2 fully saturated rings. The summed E-state index contributed by atoms with van der Waals surface area (Å²) in [4.78, 5) is 17.7. The van der Waals surface area contributed by atoms with Crippen LogP contribution in [0.1, 0.15) is 38.5 Å². The molecule has 24 heavy (non-hydrogen) atoms. The molecule has 0 aromatic carbocycles. The third kappa shape index (κ3) is 6.01. The zero-order chi connectivity index (χ0) is 17.6. The molecule has 10 heteroatoms. The summed E-state index contributed by atoms with van der Waals surface area (Å²) in [6.45, 7) is 1.25. The highest BCUT2D eigenvalue weighted by Crippen LogP contribution is 2.37. The summed E-state index contributed by atoms with van der Waals surface area (Å²) in [7, 11) is -4.59. The molecule has 4 unspecified atom stereocenters. The fraction of sp³-hybridized carbons (Fsp3) is 1.00. The second-order valence-electron chi connectivity index (χ2n) is 6.44. The topological polar surface area (TPSA) is 141 Å². The van der Waals surface area contributed by atoms with E-state index in [0.29, 0.717) is 12.8 Å².